The maximum atomic E-state index is 6.73. The zero-order valence-electron chi connectivity index (χ0n) is 28.6. The molecule has 0 aromatic heterocycles. The molecule has 0 unspecified atom stereocenters. The molecule has 2 heteroatoms. The molecule has 242 valence electrons. The van der Waals surface area contributed by atoms with Crippen molar-refractivity contribution >= 4 is 27.8 Å². The molecule has 0 amide bonds. The average Bonchev–Trinajstić information content (AvgIpc) is 3.42. The van der Waals surface area contributed by atoms with Crippen molar-refractivity contribution in [1.82, 2.24) is 0 Å². The fourth-order valence-electron chi connectivity index (χ4n) is 8.40. The highest BCUT2D eigenvalue weighted by Crippen LogP contribution is 2.55. The average molecular weight is 654 g/mol. The molecular weight excluding hydrogens is 619 g/mol. The number of anilines is 3. The summed E-state index contributed by atoms with van der Waals surface area (Å²) in [5.41, 5.74) is 15.5. The van der Waals surface area contributed by atoms with Crippen LogP contribution in [0.15, 0.2) is 176 Å². The largest absolute Gasteiger partial charge is 0.456 e. The molecule has 0 atom stereocenters. The van der Waals surface area contributed by atoms with Crippen molar-refractivity contribution in [2.45, 2.75) is 19.3 Å². The van der Waals surface area contributed by atoms with Crippen LogP contribution in [0.3, 0.4) is 0 Å². The summed E-state index contributed by atoms with van der Waals surface area (Å²) in [6, 6.07) is 63.6. The van der Waals surface area contributed by atoms with Gasteiger partial charge in [-0.2, -0.15) is 0 Å². The smallest absolute Gasteiger partial charge is 0.136 e. The van der Waals surface area contributed by atoms with E-state index >= 15 is 0 Å². The first-order valence-electron chi connectivity index (χ1n) is 17.7. The van der Waals surface area contributed by atoms with E-state index in [2.05, 4.69) is 189 Å². The molecule has 1 heterocycles. The quantitative estimate of drug-likeness (QED) is 0.183. The second-order valence-corrected chi connectivity index (χ2v) is 14.1. The SMILES string of the molecule is CC1(C)c2ccccc2-c2cc(N(c3ccc(-c4ccccc4)cc3)c3c(-c4ccccc4)cc4c5c(cccc35)-c3ccccc3O4)ccc21. The van der Waals surface area contributed by atoms with Crippen LogP contribution >= 0.6 is 0 Å². The summed E-state index contributed by atoms with van der Waals surface area (Å²) in [6.45, 7) is 4.68. The van der Waals surface area contributed by atoms with Gasteiger partial charge >= 0.3 is 0 Å². The number of para-hydroxylation sites is 1. The van der Waals surface area contributed by atoms with Crippen molar-refractivity contribution < 1.29 is 4.74 Å². The summed E-state index contributed by atoms with van der Waals surface area (Å²) < 4.78 is 6.73. The number of hydrogen-bond donors (Lipinski definition) is 0. The number of nitrogens with zero attached hydrogens (tertiary/aromatic N) is 1. The lowest BCUT2D eigenvalue weighted by atomic mass is 9.82. The van der Waals surface area contributed by atoms with Gasteiger partial charge in [-0.15, -0.1) is 0 Å². The Bertz CT molecular complexity index is 2620. The van der Waals surface area contributed by atoms with Crippen molar-refractivity contribution in [1.29, 1.82) is 0 Å². The zero-order valence-corrected chi connectivity index (χ0v) is 28.6. The van der Waals surface area contributed by atoms with Crippen LogP contribution in [0, 0.1) is 0 Å². The molecule has 8 aromatic rings. The Morgan fingerprint density at radius 1 is 0.412 bits per heavy atom. The number of ether oxygens (including phenoxy) is 1. The summed E-state index contributed by atoms with van der Waals surface area (Å²) in [6.07, 6.45) is 0. The molecule has 8 aromatic carbocycles. The van der Waals surface area contributed by atoms with E-state index in [1.54, 1.807) is 0 Å². The van der Waals surface area contributed by atoms with Crippen LogP contribution < -0.4 is 9.64 Å². The molecule has 1 aliphatic heterocycles. The monoisotopic (exact) mass is 653 g/mol. The van der Waals surface area contributed by atoms with Gasteiger partial charge < -0.3 is 9.64 Å². The highest BCUT2D eigenvalue weighted by atomic mass is 16.5. The van der Waals surface area contributed by atoms with Crippen LogP contribution in [0.2, 0.25) is 0 Å². The molecule has 51 heavy (non-hydrogen) atoms. The Balaban J connectivity index is 1.28. The summed E-state index contributed by atoms with van der Waals surface area (Å²) >= 11 is 0. The van der Waals surface area contributed by atoms with Crippen LogP contribution in [-0.4, -0.2) is 0 Å². The topological polar surface area (TPSA) is 12.5 Å². The molecule has 10 rings (SSSR count). The molecule has 1 aliphatic carbocycles. The van der Waals surface area contributed by atoms with Crippen LogP contribution in [0.4, 0.5) is 17.1 Å². The Kier molecular flexibility index (Phi) is 6.56. The first-order chi connectivity index (χ1) is 25.1. The van der Waals surface area contributed by atoms with E-state index in [1.807, 2.05) is 6.07 Å². The van der Waals surface area contributed by atoms with Crippen molar-refractivity contribution in [2.75, 3.05) is 4.90 Å². The first-order valence-corrected chi connectivity index (χ1v) is 17.7. The zero-order chi connectivity index (χ0) is 34.1. The van der Waals surface area contributed by atoms with Gasteiger partial charge in [-0.1, -0.05) is 153 Å². The molecule has 0 N–H and O–H groups in total. The van der Waals surface area contributed by atoms with E-state index in [1.165, 1.54) is 38.9 Å². The molecule has 0 bridgehead atoms. The summed E-state index contributed by atoms with van der Waals surface area (Å²) in [5, 5.41) is 2.27. The third-order valence-electron chi connectivity index (χ3n) is 10.9. The summed E-state index contributed by atoms with van der Waals surface area (Å²) in [4.78, 5) is 2.47. The van der Waals surface area contributed by atoms with Crippen molar-refractivity contribution in [3.8, 4) is 56.0 Å². The van der Waals surface area contributed by atoms with Gasteiger partial charge in [0.25, 0.3) is 0 Å². The lowest BCUT2D eigenvalue weighted by Gasteiger charge is -2.32. The van der Waals surface area contributed by atoms with Crippen molar-refractivity contribution in [3.63, 3.8) is 0 Å². The maximum absolute atomic E-state index is 6.73. The van der Waals surface area contributed by atoms with E-state index in [9.17, 15) is 0 Å². The van der Waals surface area contributed by atoms with E-state index in [4.69, 9.17) is 4.74 Å². The maximum Gasteiger partial charge on any atom is 0.136 e. The van der Waals surface area contributed by atoms with E-state index in [-0.39, 0.29) is 5.41 Å². The van der Waals surface area contributed by atoms with Gasteiger partial charge in [-0.05, 0) is 80.9 Å². The van der Waals surface area contributed by atoms with Gasteiger partial charge in [-0.3, -0.25) is 0 Å². The number of hydrogen-bond acceptors (Lipinski definition) is 2. The van der Waals surface area contributed by atoms with Gasteiger partial charge in [0.15, 0.2) is 0 Å². The highest BCUT2D eigenvalue weighted by Gasteiger charge is 2.36. The van der Waals surface area contributed by atoms with Gasteiger partial charge in [0.1, 0.15) is 11.5 Å². The predicted octanol–water partition coefficient (Wildman–Crippen LogP) is 13.7. The summed E-state index contributed by atoms with van der Waals surface area (Å²) in [7, 11) is 0. The molecule has 0 saturated heterocycles. The number of rotatable bonds is 5. The molecule has 2 aliphatic rings. The Labute approximate surface area is 298 Å². The van der Waals surface area contributed by atoms with Crippen LogP contribution in [0.1, 0.15) is 25.0 Å². The van der Waals surface area contributed by atoms with E-state index in [0.29, 0.717) is 0 Å². The van der Waals surface area contributed by atoms with Gasteiger partial charge in [0.05, 0.1) is 5.69 Å². The van der Waals surface area contributed by atoms with Crippen LogP contribution in [0.25, 0.3) is 55.3 Å². The highest BCUT2D eigenvalue weighted by molar-refractivity contribution is 6.15. The van der Waals surface area contributed by atoms with E-state index < -0.39 is 0 Å². The van der Waals surface area contributed by atoms with Crippen molar-refractivity contribution in [3.05, 3.63) is 187 Å². The second-order valence-electron chi connectivity index (χ2n) is 14.1. The van der Waals surface area contributed by atoms with Gasteiger partial charge in [0.2, 0.25) is 0 Å². The third-order valence-corrected chi connectivity index (χ3v) is 10.9. The second kappa shape index (κ2) is 11.3. The molecule has 0 saturated carbocycles. The Morgan fingerprint density at radius 3 is 1.80 bits per heavy atom. The number of fused-ring (bicyclic) bond motifs is 5. The minimum absolute atomic E-state index is 0.0766. The summed E-state index contributed by atoms with van der Waals surface area (Å²) in [5.74, 6) is 1.77. The normalized spacial score (nSPS) is 13.2. The van der Waals surface area contributed by atoms with Gasteiger partial charge in [-0.25, -0.2) is 0 Å². The molecule has 0 spiro atoms. The lowest BCUT2D eigenvalue weighted by Crippen LogP contribution is -2.16. The third kappa shape index (κ3) is 4.57. The lowest BCUT2D eigenvalue weighted by molar-refractivity contribution is 0.487. The molecule has 2 nitrogen and oxygen atoms in total. The molecule has 0 radical (unpaired) electrons. The van der Waals surface area contributed by atoms with E-state index in [0.717, 1.165) is 56.0 Å². The fraction of sp³-hybridized carbons (Fsp3) is 0.0612. The Morgan fingerprint density at radius 2 is 1.02 bits per heavy atom. The first kappa shape index (κ1) is 29.5. The standard InChI is InChI=1S/C49H35NO/c1-49(2)43-22-11-9-18-37(43)42-30-36(28-29-44(42)49)50(35-26-24-33(25-27-35)32-14-5-3-6-15-32)48-40-21-13-20-39-38-19-10-12-23-45(38)51-46(47(39)40)31-41(48)34-16-7-4-8-17-34/h3-31H,1-2H3. The molecule has 0 fully saturated rings. The van der Waals surface area contributed by atoms with Gasteiger partial charge in [0, 0.05) is 38.7 Å². The predicted molar refractivity (Wildman–Crippen MR) is 213 cm³/mol. The minimum Gasteiger partial charge on any atom is -0.456 e. The Hall–Kier alpha value is -6.38. The fourth-order valence-corrected chi connectivity index (χ4v) is 8.40. The molecular formula is C49H35NO. The van der Waals surface area contributed by atoms with Crippen LogP contribution in [-0.2, 0) is 5.41 Å². The van der Waals surface area contributed by atoms with Crippen molar-refractivity contribution in [2.24, 2.45) is 0 Å². The minimum atomic E-state index is -0.0766. The number of benzene rings is 8. The van der Waals surface area contributed by atoms with Crippen LogP contribution in [0.5, 0.6) is 11.5 Å².